The van der Waals surface area contributed by atoms with Crippen molar-refractivity contribution in [3.8, 4) is 11.5 Å². The lowest BCUT2D eigenvalue weighted by Gasteiger charge is -2.45. The summed E-state index contributed by atoms with van der Waals surface area (Å²) in [5, 5.41) is 0. The van der Waals surface area contributed by atoms with Crippen LogP contribution in [0.25, 0.3) is 5.70 Å². The summed E-state index contributed by atoms with van der Waals surface area (Å²) in [7, 11) is 0. The molecule has 0 N–H and O–H groups in total. The third kappa shape index (κ3) is 2.65. The Morgan fingerprint density at radius 2 is 1.67 bits per heavy atom. The van der Waals surface area contributed by atoms with Gasteiger partial charge in [-0.1, -0.05) is 44.2 Å². The smallest absolute Gasteiger partial charge is 0.231 e. The molecule has 1 unspecified atom stereocenters. The molecule has 1 saturated carbocycles. The van der Waals surface area contributed by atoms with E-state index in [1.165, 1.54) is 0 Å². The van der Waals surface area contributed by atoms with Crippen molar-refractivity contribution in [2.75, 3.05) is 6.79 Å². The number of carbonyl (C=O) groups excluding carboxylic acids is 2. The standard InChI is InChI=1S/C28H25NO4/c1-28(2)12-19-24(20(30)13-28)23(15-7-10-21-22(11-15)33-14-32-21)25-26(29(19)16-8-9-16)17-5-3-4-6-18(17)27(25)31/h3-7,10-11,16,23H,8-9,12-14H2,1-2H3. The molecule has 0 radical (unpaired) electrons. The van der Waals surface area contributed by atoms with E-state index in [0.29, 0.717) is 24.0 Å². The highest BCUT2D eigenvalue weighted by atomic mass is 16.7. The average molecular weight is 440 g/mol. The van der Waals surface area contributed by atoms with Crippen LogP contribution in [0.2, 0.25) is 0 Å². The molecule has 2 aliphatic heterocycles. The number of hydrogen-bond donors (Lipinski definition) is 0. The maximum atomic E-state index is 13.9. The molecule has 0 spiro atoms. The normalized spacial score (nSPS) is 24.8. The van der Waals surface area contributed by atoms with Gasteiger partial charge < -0.3 is 14.4 Å². The molecule has 2 heterocycles. The first-order valence-corrected chi connectivity index (χ1v) is 11.8. The van der Waals surface area contributed by atoms with Crippen molar-refractivity contribution in [2.45, 2.75) is 51.5 Å². The Kier molecular flexibility index (Phi) is 3.70. The van der Waals surface area contributed by atoms with Gasteiger partial charge in [0, 0.05) is 46.4 Å². The molecule has 1 fully saturated rings. The van der Waals surface area contributed by atoms with Crippen LogP contribution in [0.1, 0.15) is 66.9 Å². The van der Waals surface area contributed by atoms with Crippen molar-refractivity contribution in [2.24, 2.45) is 5.41 Å². The summed E-state index contributed by atoms with van der Waals surface area (Å²) in [6, 6.07) is 14.1. The lowest BCUT2D eigenvalue weighted by atomic mass is 9.68. The van der Waals surface area contributed by atoms with E-state index in [0.717, 1.165) is 58.5 Å². The van der Waals surface area contributed by atoms with Gasteiger partial charge in [-0.15, -0.1) is 0 Å². The van der Waals surface area contributed by atoms with Crippen molar-refractivity contribution in [1.82, 2.24) is 4.90 Å². The first-order valence-electron chi connectivity index (χ1n) is 11.8. The molecule has 5 heteroatoms. The Balaban J connectivity index is 1.51. The third-order valence-corrected chi connectivity index (χ3v) is 7.57. The van der Waals surface area contributed by atoms with Gasteiger partial charge in [0.15, 0.2) is 23.1 Å². The summed E-state index contributed by atoms with van der Waals surface area (Å²) in [6.07, 6.45) is 3.51. The molecule has 5 aliphatic rings. The summed E-state index contributed by atoms with van der Waals surface area (Å²) in [6.45, 7) is 4.54. The zero-order valence-electron chi connectivity index (χ0n) is 18.8. The van der Waals surface area contributed by atoms with Gasteiger partial charge in [0.25, 0.3) is 0 Å². The fraction of sp³-hybridized carbons (Fsp3) is 0.357. The number of ether oxygens (including phenoxy) is 2. The van der Waals surface area contributed by atoms with Crippen LogP contribution in [0.15, 0.2) is 59.3 Å². The Hall–Kier alpha value is -3.34. The number of allylic oxidation sites excluding steroid dienone is 3. The number of hydrogen-bond acceptors (Lipinski definition) is 5. The van der Waals surface area contributed by atoms with Gasteiger partial charge in [-0.2, -0.15) is 0 Å². The molecule has 0 saturated heterocycles. The Morgan fingerprint density at radius 1 is 0.909 bits per heavy atom. The maximum Gasteiger partial charge on any atom is 0.231 e. The van der Waals surface area contributed by atoms with E-state index in [4.69, 9.17) is 9.47 Å². The molecule has 2 aromatic rings. The molecule has 1 atom stereocenters. The topological polar surface area (TPSA) is 55.8 Å². The second kappa shape index (κ2) is 6.37. The lowest BCUT2D eigenvalue weighted by molar-refractivity contribution is -0.118. The third-order valence-electron chi connectivity index (χ3n) is 7.57. The Labute approximate surface area is 192 Å². The summed E-state index contributed by atoms with van der Waals surface area (Å²) in [5.74, 6) is 1.19. The molecule has 0 bridgehead atoms. The van der Waals surface area contributed by atoms with Gasteiger partial charge in [-0.05, 0) is 42.4 Å². The molecule has 5 nitrogen and oxygen atoms in total. The Morgan fingerprint density at radius 3 is 2.45 bits per heavy atom. The predicted molar refractivity (Wildman–Crippen MR) is 123 cm³/mol. The summed E-state index contributed by atoms with van der Waals surface area (Å²) >= 11 is 0. The molecule has 2 aromatic carbocycles. The highest BCUT2D eigenvalue weighted by molar-refractivity contribution is 6.23. The van der Waals surface area contributed by atoms with E-state index >= 15 is 0 Å². The zero-order valence-corrected chi connectivity index (χ0v) is 18.8. The molecule has 3 aliphatic carbocycles. The van der Waals surface area contributed by atoms with Crippen LogP contribution >= 0.6 is 0 Å². The minimum absolute atomic E-state index is 0.0399. The van der Waals surface area contributed by atoms with Crippen molar-refractivity contribution >= 4 is 17.3 Å². The van der Waals surface area contributed by atoms with E-state index in [9.17, 15) is 9.59 Å². The van der Waals surface area contributed by atoms with Crippen LogP contribution in [-0.2, 0) is 4.79 Å². The number of carbonyl (C=O) groups is 2. The largest absolute Gasteiger partial charge is 0.454 e. The minimum Gasteiger partial charge on any atom is -0.454 e. The first kappa shape index (κ1) is 19.2. The zero-order chi connectivity index (χ0) is 22.5. The Bertz CT molecular complexity index is 1330. The van der Waals surface area contributed by atoms with Crippen LogP contribution in [0.3, 0.4) is 0 Å². The van der Waals surface area contributed by atoms with Gasteiger partial charge in [0.1, 0.15) is 0 Å². The minimum atomic E-state index is -0.386. The van der Waals surface area contributed by atoms with Crippen LogP contribution < -0.4 is 9.47 Å². The number of rotatable bonds is 2. The summed E-state index contributed by atoms with van der Waals surface area (Å²) < 4.78 is 11.2. The monoisotopic (exact) mass is 439 g/mol. The number of Topliss-reactive ketones (excluding diaryl/α,β-unsaturated/α-hetero) is 2. The van der Waals surface area contributed by atoms with E-state index < -0.39 is 0 Å². The van der Waals surface area contributed by atoms with Crippen LogP contribution in [0.4, 0.5) is 0 Å². The van der Waals surface area contributed by atoms with E-state index in [1.807, 2.05) is 36.4 Å². The van der Waals surface area contributed by atoms with Gasteiger partial charge >= 0.3 is 0 Å². The van der Waals surface area contributed by atoms with Crippen molar-refractivity contribution in [3.63, 3.8) is 0 Å². The van der Waals surface area contributed by atoms with E-state index in [1.54, 1.807) is 0 Å². The molecule has 33 heavy (non-hydrogen) atoms. The molecule has 166 valence electrons. The van der Waals surface area contributed by atoms with Crippen molar-refractivity contribution in [1.29, 1.82) is 0 Å². The quantitative estimate of drug-likeness (QED) is 0.642. The van der Waals surface area contributed by atoms with Gasteiger partial charge in [0.2, 0.25) is 6.79 Å². The molecular formula is C28H25NO4. The molecular weight excluding hydrogens is 414 g/mol. The van der Waals surface area contributed by atoms with Crippen molar-refractivity contribution < 1.29 is 19.1 Å². The van der Waals surface area contributed by atoms with E-state index in [-0.39, 0.29) is 29.7 Å². The fourth-order valence-electron chi connectivity index (χ4n) is 6.10. The van der Waals surface area contributed by atoms with Crippen LogP contribution in [0, 0.1) is 5.41 Å². The highest BCUT2D eigenvalue weighted by Gasteiger charge is 2.52. The molecule has 0 amide bonds. The van der Waals surface area contributed by atoms with Gasteiger partial charge in [0.05, 0.1) is 5.70 Å². The van der Waals surface area contributed by atoms with Gasteiger partial charge in [-0.25, -0.2) is 0 Å². The second-order valence-electron chi connectivity index (χ2n) is 10.6. The molecule has 0 aromatic heterocycles. The SMILES string of the molecule is CC1(C)CC(=O)C2=C(C1)N(C1CC1)C1=C(C(=O)c3ccccc31)C2c1ccc2c(c1)OCO2. The fourth-order valence-corrected chi connectivity index (χ4v) is 6.10. The van der Waals surface area contributed by atoms with Gasteiger partial charge in [-0.3, -0.25) is 9.59 Å². The predicted octanol–water partition coefficient (Wildman–Crippen LogP) is 5.23. The van der Waals surface area contributed by atoms with E-state index in [2.05, 4.69) is 24.8 Å². The number of benzene rings is 2. The van der Waals surface area contributed by atoms with Crippen LogP contribution in [-0.4, -0.2) is 29.3 Å². The molecule has 7 rings (SSSR count). The number of ketones is 2. The number of fused-ring (bicyclic) bond motifs is 3. The first-order chi connectivity index (χ1) is 15.9. The highest BCUT2D eigenvalue weighted by Crippen LogP contribution is 2.58. The summed E-state index contributed by atoms with van der Waals surface area (Å²) in [5.41, 5.74) is 6.23. The van der Waals surface area contributed by atoms with Crippen LogP contribution in [0.5, 0.6) is 11.5 Å². The van der Waals surface area contributed by atoms with Crippen molar-refractivity contribution in [3.05, 3.63) is 76.0 Å². The average Bonchev–Trinajstić information content (AvgIpc) is 3.44. The summed E-state index contributed by atoms with van der Waals surface area (Å²) in [4.78, 5) is 30.0. The second-order valence-corrected chi connectivity index (χ2v) is 10.6. The maximum absolute atomic E-state index is 13.9. The lowest BCUT2D eigenvalue weighted by Crippen LogP contribution is -2.40. The number of nitrogens with zero attached hydrogens (tertiary/aromatic N) is 1.